The summed E-state index contributed by atoms with van der Waals surface area (Å²) >= 11 is 0. The maximum atomic E-state index is 4.05. The summed E-state index contributed by atoms with van der Waals surface area (Å²) in [7, 11) is 3.86. The minimum Gasteiger partial charge on any atom is -0.386 e. The molecule has 0 amide bonds. The minimum absolute atomic E-state index is 1.06. The Morgan fingerprint density at radius 3 is 1.78 bits per heavy atom. The highest BCUT2D eigenvalue weighted by atomic mass is 14.9. The average molecular weight is 239 g/mol. The number of benzene rings is 1. The van der Waals surface area contributed by atoms with Gasteiger partial charge in [0.15, 0.2) is 0 Å². The normalized spacial score (nSPS) is 11.7. The molecule has 2 aromatic rings. The quantitative estimate of drug-likeness (QED) is 0.860. The maximum absolute atomic E-state index is 4.05. The van der Waals surface area contributed by atoms with Crippen molar-refractivity contribution in [2.75, 3.05) is 14.1 Å². The Labute approximate surface area is 108 Å². The van der Waals surface area contributed by atoms with Crippen molar-refractivity contribution in [2.45, 2.75) is 0 Å². The maximum Gasteiger partial charge on any atom is 0.0654 e. The Kier molecular flexibility index (Phi) is 3.97. The molecule has 0 aliphatic heterocycles. The van der Waals surface area contributed by atoms with E-state index in [2.05, 4.69) is 27.8 Å². The van der Waals surface area contributed by atoms with Crippen molar-refractivity contribution < 1.29 is 0 Å². The van der Waals surface area contributed by atoms with Gasteiger partial charge in [0.25, 0.3) is 0 Å². The van der Waals surface area contributed by atoms with Crippen LogP contribution in [0.4, 0.5) is 0 Å². The number of aromatic nitrogens is 1. The van der Waals surface area contributed by atoms with Crippen molar-refractivity contribution in [1.82, 2.24) is 15.6 Å². The average Bonchev–Trinajstić information content (AvgIpc) is 2.46. The van der Waals surface area contributed by atoms with Gasteiger partial charge in [-0.1, -0.05) is 30.3 Å². The Morgan fingerprint density at radius 2 is 1.28 bits per heavy atom. The fraction of sp³-hybridized carbons (Fsp3) is 0.133. The molecule has 0 saturated carbocycles. The number of pyridine rings is 1. The first-order chi connectivity index (χ1) is 8.86. The summed E-state index contributed by atoms with van der Waals surface area (Å²) in [5.74, 6) is 0. The summed E-state index contributed by atoms with van der Waals surface area (Å²) in [6.45, 7) is 0. The van der Waals surface area contributed by atoms with Gasteiger partial charge in [-0.3, -0.25) is 4.98 Å². The molecule has 2 rings (SSSR count). The van der Waals surface area contributed by atoms with E-state index in [1.165, 1.54) is 0 Å². The predicted molar refractivity (Wildman–Crippen MR) is 75.6 cm³/mol. The van der Waals surface area contributed by atoms with Gasteiger partial charge in [-0.2, -0.15) is 0 Å². The fourth-order valence-corrected chi connectivity index (χ4v) is 1.95. The van der Waals surface area contributed by atoms with Crippen LogP contribution in [0.2, 0.25) is 0 Å². The standard InChI is InChI=1S/C15H17N3/c1-16-14(12-6-4-3-5-7-12)15(17-2)13-8-10-18-11-9-13/h3-11,16-17H,1-2H3/b15-14-. The Bertz CT molecular complexity index is 468. The molecule has 0 atom stereocenters. The van der Waals surface area contributed by atoms with E-state index in [0.29, 0.717) is 0 Å². The largest absolute Gasteiger partial charge is 0.386 e. The van der Waals surface area contributed by atoms with Crippen LogP contribution in [0, 0.1) is 0 Å². The van der Waals surface area contributed by atoms with Gasteiger partial charge in [-0.05, 0) is 17.7 Å². The molecule has 1 heterocycles. The van der Waals surface area contributed by atoms with Crippen molar-refractivity contribution in [1.29, 1.82) is 0 Å². The molecule has 0 fully saturated rings. The fourth-order valence-electron chi connectivity index (χ4n) is 1.95. The zero-order valence-electron chi connectivity index (χ0n) is 10.6. The summed E-state index contributed by atoms with van der Waals surface area (Å²) in [5.41, 5.74) is 4.40. The van der Waals surface area contributed by atoms with Gasteiger partial charge in [0.05, 0.1) is 11.4 Å². The van der Waals surface area contributed by atoms with Gasteiger partial charge < -0.3 is 10.6 Å². The van der Waals surface area contributed by atoms with Gasteiger partial charge in [-0.25, -0.2) is 0 Å². The van der Waals surface area contributed by atoms with Crippen LogP contribution in [-0.2, 0) is 0 Å². The van der Waals surface area contributed by atoms with Gasteiger partial charge in [0, 0.05) is 32.1 Å². The van der Waals surface area contributed by atoms with E-state index in [1.807, 2.05) is 44.4 Å². The number of nitrogens with one attached hydrogen (secondary N) is 2. The van der Waals surface area contributed by atoms with Crippen molar-refractivity contribution in [3.63, 3.8) is 0 Å². The molecule has 0 unspecified atom stereocenters. The molecule has 3 heteroatoms. The van der Waals surface area contributed by atoms with Crippen molar-refractivity contribution >= 4 is 11.4 Å². The first-order valence-electron chi connectivity index (χ1n) is 5.92. The van der Waals surface area contributed by atoms with E-state index < -0.39 is 0 Å². The molecular formula is C15H17N3. The van der Waals surface area contributed by atoms with E-state index in [1.54, 1.807) is 12.4 Å². The molecule has 1 aromatic heterocycles. The summed E-state index contributed by atoms with van der Waals surface area (Å²) in [6.07, 6.45) is 3.59. The van der Waals surface area contributed by atoms with E-state index in [0.717, 1.165) is 22.5 Å². The van der Waals surface area contributed by atoms with Crippen LogP contribution in [0.5, 0.6) is 0 Å². The highest BCUT2D eigenvalue weighted by Gasteiger charge is 2.08. The van der Waals surface area contributed by atoms with Crippen LogP contribution < -0.4 is 10.6 Å². The molecule has 92 valence electrons. The summed E-state index contributed by atoms with van der Waals surface area (Å²) in [4.78, 5) is 4.05. The van der Waals surface area contributed by atoms with Crippen LogP contribution in [-0.4, -0.2) is 19.1 Å². The second-order valence-corrected chi connectivity index (χ2v) is 3.85. The zero-order chi connectivity index (χ0) is 12.8. The smallest absolute Gasteiger partial charge is 0.0654 e. The third-order valence-electron chi connectivity index (χ3n) is 2.78. The molecule has 18 heavy (non-hydrogen) atoms. The molecule has 2 N–H and O–H groups in total. The molecule has 0 aliphatic carbocycles. The second kappa shape index (κ2) is 5.87. The van der Waals surface area contributed by atoms with E-state index in [4.69, 9.17) is 0 Å². The predicted octanol–water partition coefficient (Wildman–Crippen LogP) is 2.35. The molecule has 0 radical (unpaired) electrons. The number of nitrogens with zero attached hydrogens (tertiary/aromatic N) is 1. The van der Waals surface area contributed by atoms with Crippen molar-refractivity contribution in [3.8, 4) is 0 Å². The monoisotopic (exact) mass is 239 g/mol. The molecular weight excluding hydrogens is 222 g/mol. The molecule has 0 aliphatic rings. The molecule has 1 aromatic carbocycles. The molecule has 0 spiro atoms. The van der Waals surface area contributed by atoms with Crippen LogP contribution in [0.15, 0.2) is 54.9 Å². The van der Waals surface area contributed by atoms with E-state index in [9.17, 15) is 0 Å². The van der Waals surface area contributed by atoms with Crippen molar-refractivity contribution in [2.24, 2.45) is 0 Å². The zero-order valence-corrected chi connectivity index (χ0v) is 10.6. The lowest BCUT2D eigenvalue weighted by atomic mass is 10.1. The molecule has 3 nitrogen and oxygen atoms in total. The number of hydrogen-bond acceptors (Lipinski definition) is 3. The van der Waals surface area contributed by atoms with Crippen LogP contribution in [0.3, 0.4) is 0 Å². The van der Waals surface area contributed by atoms with Crippen LogP contribution >= 0.6 is 0 Å². The Hall–Kier alpha value is -2.29. The highest BCUT2D eigenvalue weighted by molar-refractivity contribution is 5.88. The first-order valence-corrected chi connectivity index (χ1v) is 5.92. The van der Waals surface area contributed by atoms with E-state index >= 15 is 0 Å². The number of hydrogen-bond donors (Lipinski definition) is 2. The molecule has 0 saturated heterocycles. The van der Waals surface area contributed by atoms with Gasteiger partial charge in [-0.15, -0.1) is 0 Å². The second-order valence-electron chi connectivity index (χ2n) is 3.85. The van der Waals surface area contributed by atoms with Crippen molar-refractivity contribution in [3.05, 3.63) is 66.0 Å². The van der Waals surface area contributed by atoms with Gasteiger partial charge >= 0.3 is 0 Å². The van der Waals surface area contributed by atoms with E-state index in [-0.39, 0.29) is 0 Å². The van der Waals surface area contributed by atoms with Gasteiger partial charge in [0.2, 0.25) is 0 Å². The highest BCUT2D eigenvalue weighted by Crippen LogP contribution is 2.21. The lowest BCUT2D eigenvalue weighted by Gasteiger charge is -2.15. The van der Waals surface area contributed by atoms with Crippen LogP contribution in [0.25, 0.3) is 11.4 Å². The third-order valence-corrected chi connectivity index (χ3v) is 2.78. The topological polar surface area (TPSA) is 37.0 Å². The lowest BCUT2D eigenvalue weighted by Crippen LogP contribution is -2.15. The first kappa shape index (κ1) is 12.2. The Morgan fingerprint density at radius 1 is 0.778 bits per heavy atom. The summed E-state index contributed by atoms with van der Waals surface area (Å²) in [6, 6.07) is 14.2. The minimum atomic E-state index is 1.06. The number of rotatable bonds is 4. The Balaban J connectivity index is 2.53. The lowest BCUT2D eigenvalue weighted by molar-refractivity contribution is 1.07. The third kappa shape index (κ3) is 2.51. The summed E-state index contributed by atoms with van der Waals surface area (Å²) < 4.78 is 0. The molecule has 0 bridgehead atoms. The summed E-state index contributed by atoms with van der Waals surface area (Å²) in [5, 5.41) is 6.52. The van der Waals surface area contributed by atoms with Gasteiger partial charge in [0.1, 0.15) is 0 Å². The van der Waals surface area contributed by atoms with Crippen LogP contribution in [0.1, 0.15) is 11.1 Å². The SMILES string of the molecule is CN/C(=C(\NC)c1ccncc1)c1ccccc1.